The number of esters is 2. The largest absolute Gasteiger partial charge is 0.508 e. The van der Waals surface area contributed by atoms with E-state index >= 15 is 0 Å². The summed E-state index contributed by atoms with van der Waals surface area (Å²) in [5, 5.41) is 29.2. The van der Waals surface area contributed by atoms with Gasteiger partial charge in [-0.05, 0) is 85.1 Å². The molecule has 12 nitrogen and oxygen atoms in total. The molecule has 2 atom stereocenters. The number of carbonyl (C=O) groups excluding carboxylic acids is 2. The van der Waals surface area contributed by atoms with Crippen LogP contribution < -0.4 is 15.1 Å². The van der Waals surface area contributed by atoms with Crippen molar-refractivity contribution < 1.29 is 56.1 Å². The minimum Gasteiger partial charge on any atom is -0.508 e. The molecule has 2 aromatic carbocycles. The van der Waals surface area contributed by atoms with Crippen LogP contribution in [0, 0.1) is 13.8 Å². The maximum Gasteiger partial charge on any atom is 0.492 e. The first kappa shape index (κ1) is 31.4. The van der Waals surface area contributed by atoms with Crippen LogP contribution in [0.1, 0.15) is 61.2 Å². The highest BCUT2D eigenvalue weighted by atomic mass is 32.2. The van der Waals surface area contributed by atoms with E-state index in [9.17, 15) is 33.2 Å². The first-order valence-corrected chi connectivity index (χ1v) is 14.4. The van der Waals surface area contributed by atoms with Crippen LogP contribution in [-0.4, -0.2) is 69.2 Å². The van der Waals surface area contributed by atoms with E-state index in [1.54, 1.807) is 33.8 Å². The molecular formula is C25H32B2O12S. The van der Waals surface area contributed by atoms with Crippen LogP contribution in [0.25, 0.3) is 0 Å². The van der Waals surface area contributed by atoms with Crippen molar-refractivity contribution in [2.24, 2.45) is 0 Å². The SMILES string of the molecule is CCOC(=O)CC1OB(O)c2cc(O)cc(C)c21.CCOC(=O)CC1OB(O)c2cc(OS(C)(=O)=O)cc(C)c21. The Morgan fingerprint density at radius 3 is 1.75 bits per heavy atom. The lowest BCUT2D eigenvalue weighted by Gasteiger charge is -2.14. The van der Waals surface area contributed by atoms with Crippen molar-refractivity contribution >= 4 is 47.2 Å². The maximum atomic E-state index is 11.6. The smallest absolute Gasteiger partial charge is 0.492 e. The first-order chi connectivity index (χ1) is 18.7. The molecule has 0 aliphatic carbocycles. The van der Waals surface area contributed by atoms with Gasteiger partial charge in [0.05, 0.1) is 44.5 Å². The number of phenolic OH excluding ortho intramolecular Hbond substituents is 1. The minimum atomic E-state index is -3.67. The number of carbonyl (C=O) groups is 2. The van der Waals surface area contributed by atoms with Gasteiger partial charge in [0.25, 0.3) is 0 Å². The number of hydrogen-bond acceptors (Lipinski definition) is 12. The Balaban J connectivity index is 0.000000225. The summed E-state index contributed by atoms with van der Waals surface area (Å²) in [4.78, 5) is 23.1. The first-order valence-electron chi connectivity index (χ1n) is 12.6. The van der Waals surface area contributed by atoms with Crippen LogP contribution in [0.2, 0.25) is 0 Å². The second kappa shape index (κ2) is 13.0. The Morgan fingerprint density at radius 1 is 0.850 bits per heavy atom. The second-order valence-corrected chi connectivity index (χ2v) is 10.8. The standard InChI is InChI=1S/C13H17BO7S.C12H15BO5/c1-4-19-12(15)7-11-13-8(2)5-9(21-22(3,17)18)6-10(13)14(16)20-11;1-3-17-11(15)6-10-12-7(2)4-8(14)5-9(12)13(16)18-10/h5-6,11,16H,4,7H2,1-3H3;4-5,10,14,16H,3,6H2,1-2H3. The summed E-state index contributed by atoms with van der Waals surface area (Å²) in [7, 11) is -6.01. The molecule has 0 bridgehead atoms. The van der Waals surface area contributed by atoms with Gasteiger partial charge < -0.3 is 38.1 Å². The number of rotatable bonds is 8. The van der Waals surface area contributed by atoms with Crippen molar-refractivity contribution in [3.63, 3.8) is 0 Å². The lowest BCUT2D eigenvalue weighted by atomic mass is 9.77. The molecule has 2 aliphatic rings. The van der Waals surface area contributed by atoms with Gasteiger partial charge in [0.15, 0.2) is 0 Å². The van der Waals surface area contributed by atoms with E-state index in [1.807, 2.05) is 0 Å². The van der Waals surface area contributed by atoms with Crippen LogP contribution in [0.4, 0.5) is 0 Å². The number of ether oxygens (including phenoxy) is 2. The zero-order chi connectivity index (χ0) is 29.8. The van der Waals surface area contributed by atoms with E-state index < -0.39 is 42.5 Å². The van der Waals surface area contributed by atoms with Gasteiger partial charge in [0, 0.05) is 0 Å². The van der Waals surface area contributed by atoms with Crippen LogP contribution in [0.3, 0.4) is 0 Å². The monoisotopic (exact) mass is 578 g/mol. The Kier molecular flexibility index (Phi) is 10.2. The molecule has 216 valence electrons. The van der Waals surface area contributed by atoms with Gasteiger partial charge in [-0.2, -0.15) is 8.42 Å². The fourth-order valence-electron chi connectivity index (χ4n) is 4.75. The lowest BCUT2D eigenvalue weighted by molar-refractivity contribution is -0.146. The summed E-state index contributed by atoms with van der Waals surface area (Å²) in [6.45, 7) is 7.55. The molecule has 0 aromatic heterocycles. The zero-order valence-corrected chi connectivity index (χ0v) is 23.7. The summed E-state index contributed by atoms with van der Waals surface area (Å²) in [6.07, 6.45) is -0.174. The predicted molar refractivity (Wildman–Crippen MR) is 145 cm³/mol. The third-order valence-corrected chi connectivity index (χ3v) is 6.62. The highest BCUT2D eigenvalue weighted by Gasteiger charge is 2.39. The van der Waals surface area contributed by atoms with Crippen molar-refractivity contribution in [2.45, 2.75) is 52.7 Å². The van der Waals surface area contributed by atoms with Crippen LogP contribution >= 0.6 is 0 Å². The Bertz CT molecular complexity index is 1360. The fourth-order valence-corrected chi connectivity index (χ4v) is 5.19. The minimum absolute atomic E-state index is 0.0228. The van der Waals surface area contributed by atoms with E-state index in [2.05, 4.69) is 0 Å². The molecule has 3 N–H and O–H groups in total. The normalized spacial score (nSPS) is 17.5. The molecule has 0 saturated carbocycles. The Morgan fingerprint density at radius 2 is 1.30 bits per heavy atom. The quantitative estimate of drug-likeness (QED) is 0.225. The van der Waals surface area contributed by atoms with Crippen LogP contribution in [-0.2, 0) is 38.5 Å². The van der Waals surface area contributed by atoms with E-state index in [0.29, 0.717) is 28.7 Å². The van der Waals surface area contributed by atoms with Gasteiger partial charge in [-0.15, -0.1) is 0 Å². The molecule has 40 heavy (non-hydrogen) atoms. The molecule has 0 saturated heterocycles. The topological polar surface area (TPSA) is 175 Å². The van der Waals surface area contributed by atoms with E-state index in [1.165, 1.54) is 18.2 Å². The lowest BCUT2D eigenvalue weighted by Crippen LogP contribution is -2.28. The highest BCUT2D eigenvalue weighted by Crippen LogP contribution is 2.33. The van der Waals surface area contributed by atoms with Gasteiger partial charge in [-0.25, -0.2) is 0 Å². The number of aryl methyl sites for hydroxylation is 2. The van der Waals surface area contributed by atoms with E-state index in [-0.39, 0.29) is 36.9 Å². The highest BCUT2D eigenvalue weighted by molar-refractivity contribution is 7.86. The third kappa shape index (κ3) is 7.76. The Hall–Kier alpha value is -3.10. The molecule has 0 amide bonds. The average molecular weight is 578 g/mol. The molecule has 2 aliphatic heterocycles. The van der Waals surface area contributed by atoms with Crippen molar-refractivity contribution in [1.29, 1.82) is 0 Å². The molecule has 15 heteroatoms. The van der Waals surface area contributed by atoms with E-state index in [4.69, 9.17) is 23.0 Å². The summed E-state index contributed by atoms with van der Waals surface area (Å²) in [5.74, 6) is -0.623. The summed E-state index contributed by atoms with van der Waals surface area (Å²) in [5.41, 5.74) is 3.78. The van der Waals surface area contributed by atoms with Gasteiger partial charge in [-0.1, -0.05) is 0 Å². The number of benzene rings is 2. The van der Waals surface area contributed by atoms with Crippen molar-refractivity contribution in [1.82, 2.24) is 0 Å². The molecule has 4 rings (SSSR count). The molecular weight excluding hydrogens is 546 g/mol. The molecule has 2 aromatic rings. The van der Waals surface area contributed by atoms with Crippen molar-refractivity contribution in [3.05, 3.63) is 46.5 Å². The second-order valence-electron chi connectivity index (χ2n) is 9.27. The summed E-state index contributed by atoms with van der Waals surface area (Å²) in [6, 6.07) is 5.97. The predicted octanol–water partition coefficient (Wildman–Crippen LogP) is 0.458. The van der Waals surface area contributed by atoms with Crippen LogP contribution in [0.15, 0.2) is 24.3 Å². The number of fused-ring (bicyclic) bond motifs is 2. The third-order valence-electron chi connectivity index (χ3n) is 6.12. The summed E-state index contributed by atoms with van der Waals surface area (Å²) < 4.78 is 47.7. The van der Waals surface area contributed by atoms with Gasteiger partial charge in [-0.3, -0.25) is 9.59 Å². The van der Waals surface area contributed by atoms with Crippen molar-refractivity contribution in [3.8, 4) is 11.5 Å². The average Bonchev–Trinajstić information content (AvgIpc) is 3.29. The summed E-state index contributed by atoms with van der Waals surface area (Å²) >= 11 is 0. The van der Waals surface area contributed by atoms with E-state index in [0.717, 1.165) is 17.4 Å². The molecule has 0 radical (unpaired) electrons. The van der Waals surface area contributed by atoms with Gasteiger partial charge >= 0.3 is 36.3 Å². The maximum absolute atomic E-state index is 11.6. The zero-order valence-electron chi connectivity index (χ0n) is 22.9. The molecule has 0 fully saturated rings. The molecule has 2 heterocycles. The molecule has 0 spiro atoms. The Labute approximate surface area is 233 Å². The number of hydrogen-bond donors (Lipinski definition) is 3. The van der Waals surface area contributed by atoms with Gasteiger partial charge in [0.2, 0.25) is 0 Å². The van der Waals surface area contributed by atoms with Crippen molar-refractivity contribution in [2.75, 3.05) is 19.5 Å². The van der Waals surface area contributed by atoms with Crippen LogP contribution in [0.5, 0.6) is 11.5 Å². The van der Waals surface area contributed by atoms with Gasteiger partial charge in [0.1, 0.15) is 11.5 Å². The number of phenols is 1. The molecule has 2 unspecified atom stereocenters. The fraction of sp³-hybridized carbons (Fsp3) is 0.440. The number of aromatic hydroxyl groups is 1.